The van der Waals surface area contributed by atoms with E-state index in [0.717, 1.165) is 11.1 Å². The lowest BCUT2D eigenvalue weighted by molar-refractivity contribution is -0.385. The van der Waals surface area contributed by atoms with Crippen molar-refractivity contribution in [3.63, 3.8) is 0 Å². The summed E-state index contributed by atoms with van der Waals surface area (Å²) in [7, 11) is -3.18. The predicted molar refractivity (Wildman–Crippen MR) is 207 cm³/mol. The molecular formula is C41H41N5O8Si. The van der Waals surface area contributed by atoms with Gasteiger partial charge in [0, 0.05) is 41.1 Å². The summed E-state index contributed by atoms with van der Waals surface area (Å²) in [6.45, 7) is 5.43. The Morgan fingerprint density at radius 1 is 1.02 bits per heavy atom. The van der Waals surface area contributed by atoms with Crippen LogP contribution in [-0.4, -0.2) is 68.4 Å². The molecule has 0 bridgehead atoms. The summed E-state index contributed by atoms with van der Waals surface area (Å²) in [5, 5.41) is 28.0. The van der Waals surface area contributed by atoms with Crippen molar-refractivity contribution in [3.05, 3.63) is 140 Å². The predicted octanol–water partition coefficient (Wildman–Crippen LogP) is 4.97. The molecule has 1 spiro atoms. The number of amides is 2. The number of ether oxygens (including phenoxy) is 1. The number of hydrogen-bond donors (Lipinski definition) is 2. The van der Waals surface area contributed by atoms with E-state index in [9.17, 15) is 29.6 Å². The summed E-state index contributed by atoms with van der Waals surface area (Å²) >= 11 is 0. The molecule has 2 amide bonds. The fourth-order valence-electron chi connectivity index (χ4n) is 9.11. The zero-order valence-electron chi connectivity index (χ0n) is 30.7. The average Bonchev–Trinajstić information content (AvgIpc) is 3.60. The van der Waals surface area contributed by atoms with Crippen LogP contribution in [0.25, 0.3) is 16.5 Å². The summed E-state index contributed by atoms with van der Waals surface area (Å²) < 4.78 is 8.15. The van der Waals surface area contributed by atoms with Crippen LogP contribution in [0.4, 0.5) is 11.4 Å². The van der Waals surface area contributed by atoms with Gasteiger partial charge in [-0.25, -0.2) is 0 Å². The minimum Gasteiger partial charge on any atom is -0.432 e. The van der Waals surface area contributed by atoms with Gasteiger partial charge in [0.2, 0.25) is 5.91 Å². The Morgan fingerprint density at radius 3 is 2.51 bits per heavy atom. The Labute approximate surface area is 317 Å². The number of aliphatic hydroxyl groups is 1. The van der Waals surface area contributed by atoms with E-state index in [1.807, 2.05) is 49.4 Å². The number of carbonyl (C=O) groups is 2. The van der Waals surface area contributed by atoms with E-state index in [0.29, 0.717) is 46.2 Å². The molecular weight excluding hydrogens is 719 g/mol. The van der Waals surface area contributed by atoms with Gasteiger partial charge in [-0.2, -0.15) is 9.78 Å². The Kier molecular flexibility index (Phi) is 9.03. The molecule has 2 N–H and O–H groups in total. The van der Waals surface area contributed by atoms with Gasteiger partial charge in [-0.15, -0.1) is 0 Å². The van der Waals surface area contributed by atoms with Gasteiger partial charge in [-0.1, -0.05) is 61.5 Å². The molecule has 13 nitrogen and oxygen atoms in total. The van der Waals surface area contributed by atoms with Crippen LogP contribution in [0.5, 0.6) is 0 Å². The molecule has 8 rings (SSSR count). The van der Waals surface area contributed by atoms with Crippen molar-refractivity contribution in [1.82, 2.24) is 14.7 Å². The second-order valence-corrected chi connectivity index (χ2v) is 19.3. The molecule has 5 atom stereocenters. The van der Waals surface area contributed by atoms with Crippen LogP contribution in [0, 0.1) is 16.0 Å². The second-order valence-electron chi connectivity index (χ2n) is 15.4. The highest BCUT2D eigenvalue weighted by Gasteiger charge is 2.66. The van der Waals surface area contributed by atoms with Crippen molar-refractivity contribution >= 4 is 42.3 Å². The van der Waals surface area contributed by atoms with Crippen molar-refractivity contribution in [2.75, 3.05) is 11.5 Å². The number of fused-ring (bicyclic) bond motifs is 4. The molecule has 3 aliphatic heterocycles. The van der Waals surface area contributed by atoms with Gasteiger partial charge in [-0.3, -0.25) is 24.5 Å². The molecule has 1 aromatic heterocycles. The number of aliphatic hydroxyl groups excluding tert-OH is 1. The first kappa shape index (κ1) is 36.4. The third-order valence-electron chi connectivity index (χ3n) is 11.6. The largest absolute Gasteiger partial charge is 0.432 e. The average molecular weight is 760 g/mol. The second kappa shape index (κ2) is 13.6. The summed E-state index contributed by atoms with van der Waals surface area (Å²) in [5.41, 5.74) is 1.09. The number of anilines is 1. The van der Waals surface area contributed by atoms with E-state index in [1.165, 1.54) is 21.7 Å². The van der Waals surface area contributed by atoms with Crippen LogP contribution in [0.2, 0.25) is 18.6 Å². The number of nitro benzene ring substituents is 1. The smallest absolute Gasteiger partial charge is 0.279 e. The van der Waals surface area contributed by atoms with E-state index in [1.54, 1.807) is 60.6 Å². The number of carbonyl (C=O) groups excluding carboxylic acids is 2. The lowest BCUT2D eigenvalue weighted by atomic mass is 9.82. The molecule has 0 aliphatic carbocycles. The molecule has 0 unspecified atom stereocenters. The first-order valence-corrected chi connectivity index (χ1v) is 21.4. The SMILES string of the molecule is C[C@H]1[C@H]([Si](C)(C)O)[C@@H](CC(=O)N2Cc3ccccc3C[C@H]2CO)O[C@]12C(=O)N(Cc1cccc(-n3ncc4ccccc4c3=O)c1)c1ccc([N+](=O)[O-])cc12. The summed E-state index contributed by atoms with van der Waals surface area (Å²) in [5.74, 6) is -1.40. The van der Waals surface area contributed by atoms with E-state index >= 15 is 4.79 Å². The Hall–Kier alpha value is -5.54. The molecule has 4 heterocycles. The van der Waals surface area contributed by atoms with Crippen LogP contribution in [0.15, 0.2) is 102 Å². The van der Waals surface area contributed by atoms with E-state index < -0.39 is 48.4 Å². The number of hydrogen-bond acceptors (Lipinski definition) is 9. The van der Waals surface area contributed by atoms with Gasteiger partial charge in [0.05, 0.1) is 59.6 Å². The quantitative estimate of drug-likeness (QED) is 0.126. The van der Waals surface area contributed by atoms with Crippen LogP contribution in [0.3, 0.4) is 0 Å². The zero-order valence-corrected chi connectivity index (χ0v) is 31.7. The molecule has 55 heavy (non-hydrogen) atoms. The molecule has 1 fully saturated rings. The third-order valence-corrected chi connectivity index (χ3v) is 14.1. The van der Waals surface area contributed by atoms with E-state index in [2.05, 4.69) is 5.10 Å². The minimum absolute atomic E-state index is 0.0389. The van der Waals surface area contributed by atoms with Crippen molar-refractivity contribution in [1.29, 1.82) is 0 Å². The van der Waals surface area contributed by atoms with E-state index in [-0.39, 0.29) is 36.7 Å². The molecule has 5 aromatic rings. The maximum atomic E-state index is 15.0. The molecule has 0 radical (unpaired) electrons. The minimum atomic E-state index is -3.18. The number of rotatable bonds is 8. The molecule has 4 aromatic carbocycles. The van der Waals surface area contributed by atoms with Crippen molar-refractivity contribution in [2.45, 2.75) is 69.2 Å². The zero-order chi connectivity index (χ0) is 38.8. The Balaban J connectivity index is 1.15. The first-order valence-electron chi connectivity index (χ1n) is 18.4. The van der Waals surface area contributed by atoms with Crippen LogP contribution < -0.4 is 10.5 Å². The number of nitro groups is 1. The van der Waals surface area contributed by atoms with Gasteiger partial charge in [-0.05, 0) is 60.5 Å². The fraction of sp³-hybridized carbons (Fsp3) is 0.317. The third kappa shape index (κ3) is 6.05. The van der Waals surface area contributed by atoms with Crippen molar-refractivity contribution in [2.24, 2.45) is 5.92 Å². The van der Waals surface area contributed by atoms with Crippen LogP contribution in [0.1, 0.15) is 35.6 Å². The van der Waals surface area contributed by atoms with Crippen molar-refractivity contribution < 1.29 is 29.2 Å². The normalized spacial score (nSPS) is 23.3. The summed E-state index contributed by atoms with van der Waals surface area (Å²) in [6, 6.07) is 25.9. The highest BCUT2D eigenvalue weighted by atomic mass is 28.4. The van der Waals surface area contributed by atoms with Gasteiger partial charge in [0.25, 0.3) is 17.2 Å². The molecule has 14 heteroatoms. The summed E-state index contributed by atoms with van der Waals surface area (Å²) in [4.78, 5) is 69.2. The van der Waals surface area contributed by atoms with Crippen LogP contribution >= 0.6 is 0 Å². The van der Waals surface area contributed by atoms with Crippen molar-refractivity contribution in [3.8, 4) is 5.69 Å². The maximum absolute atomic E-state index is 15.0. The highest BCUT2D eigenvalue weighted by molar-refractivity contribution is 6.71. The van der Waals surface area contributed by atoms with Gasteiger partial charge < -0.3 is 24.4 Å². The number of non-ortho nitro benzene ring substituents is 1. The molecule has 3 aliphatic rings. The fourth-order valence-corrected chi connectivity index (χ4v) is 11.7. The van der Waals surface area contributed by atoms with Gasteiger partial charge in [0.15, 0.2) is 13.9 Å². The van der Waals surface area contributed by atoms with Gasteiger partial charge in [0.1, 0.15) is 0 Å². The molecule has 282 valence electrons. The Bertz CT molecular complexity index is 2430. The maximum Gasteiger partial charge on any atom is 0.279 e. The van der Waals surface area contributed by atoms with Gasteiger partial charge >= 0.3 is 0 Å². The Morgan fingerprint density at radius 2 is 1.76 bits per heavy atom. The van der Waals surface area contributed by atoms with Crippen LogP contribution in [-0.2, 0) is 39.4 Å². The monoisotopic (exact) mass is 759 g/mol. The topological polar surface area (TPSA) is 168 Å². The number of nitrogens with zero attached hydrogens (tertiary/aromatic N) is 5. The highest BCUT2D eigenvalue weighted by Crippen LogP contribution is 2.60. The number of aromatic nitrogens is 2. The molecule has 0 saturated carbocycles. The lowest BCUT2D eigenvalue weighted by Gasteiger charge is -2.37. The standard InChI is InChI=1S/C41H41N5O8Si/c1-25-38(55(2,3)53)36(20-37(48)43-23-29-12-5-4-10-27(29)18-32(43)24-47)54-41(25)34-19-31(46(51)52)15-16-35(34)44(40(41)50)22-26-9-8-13-30(17-26)45-39(49)33-14-7-6-11-28(33)21-42-45/h4-17,19,21,25,32,36,38,47,53H,18,20,22-24H2,1-3H3/t25-,32-,36+,38-,41+/m0/s1. The molecule has 1 saturated heterocycles. The number of benzene rings is 4. The van der Waals surface area contributed by atoms with E-state index in [4.69, 9.17) is 4.74 Å². The summed E-state index contributed by atoms with van der Waals surface area (Å²) in [6.07, 6.45) is 1.07. The first-order chi connectivity index (χ1) is 26.3. The lowest BCUT2D eigenvalue weighted by Crippen LogP contribution is -2.48.